The molecule has 2 saturated heterocycles. The number of carbonyl (C=O) groups excluding carboxylic acids is 2. The SMILES string of the molecule is C/C=C\[C@H](C)[C@H]1OC1(C)[C@@H](O)[C@@H](COC(C)=O)C(=O)[C@@H]1COC(O)(CC)C[C@@H]1O. The van der Waals surface area contributed by atoms with Crippen LogP contribution < -0.4 is 0 Å². The van der Waals surface area contributed by atoms with Crippen LogP contribution in [0.1, 0.15) is 47.5 Å². The fraction of sp³-hybridized carbons (Fsp3) is 0.810. The summed E-state index contributed by atoms with van der Waals surface area (Å²) in [4.78, 5) is 24.5. The predicted molar refractivity (Wildman–Crippen MR) is 104 cm³/mol. The summed E-state index contributed by atoms with van der Waals surface area (Å²) in [6, 6.07) is 0. The molecule has 2 unspecified atom stereocenters. The van der Waals surface area contributed by atoms with E-state index in [1.165, 1.54) is 6.92 Å². The number of aliphatic hydroxyl groups excluding tert-OH is 2. The van der Waals surface area contributed by atoms with Crippen molar-refractivity contribution in [2.24, 2.45) is 17.8 Å². The third-order valence-corrected chi connectivity index (χ3v) is 6.10. The third kappa shape index (κ3) is 5.24. The monoisotopic (exact) mass is 414 g/mol. The van der Waals surface area contributed by atoms with Crippen molar-refractivity contribution < 1.29 is 39.1 Å². The summed E-state index contributed by atoms with van der Waals surface area (Å²) in [5, 5.41) is 31.7. The van der Waals surface area contributed by atoms with Crippen LogP contribution in [-0.2, 0) is 23.8 Å². The number of aliphatic hydroxyl groups is 3. The first-order chi connectivity index (χ1) is 13.5. The Bertz CT molecular complexity index is 634. The van der Waals surface area contributed by atoms with Crippen LogP contribution in [0.5, 0.6) is 0 Å². The van der Waals surface area contributed by atoms with Crippen LogP contribution >= 0.6 is 0 Å². The number of esters is 1. The van der Waals surface area contributed by atoms with E-state index in [-0.39, 0.29) is 38.1 Å². The Balaban J connectivity index is 2.17. The minimum absolute atomic E-state index is 0.0345. The number of allylic oxidation sites excluding steroid dienone is 1. The molecule has 29 heavy (non-hydrogen) atoms. The Labute approximate surface area is 171 Å². The van der Waals surface area contributed by atoms with Crippen molar-refractivity contribution in [1.29, 1.82) is 0 Å². The summed E-state index contributed by atoms with van der Waals surface area (Å²) >= 11 is 0. The van der Waals surface area contributed by atoms with Gasteiger partial charge in [0, 0.05) is 19.3 Å². The molecule has 0 amide bonds. The second-order valence-electron chi connectivity index (χ2n) is 8.35. The molecule has 166 valence electrons. The van der Waals surface area contributed by atoms with Gasteiger partial charge in [-0.05, 0) is 20.3 Å². The smallest absolute Gasteiger partial charge is 0.302 e. The molecule has 0 bridgehead atoms. The molecule has 8 atom stereocenters. The van der Waals surface area contributed by atoms with Crippen LogP contribution in [0.15, 0.2) is 12.2 Å². The van der Waals surface area contributed by atoms with Crippen LogP contribution in [0.4, 0.5) is 0 Å². The van der Waals surface area contributed by atoms with Gasteiger partial charge in [-0.1, -0.05) is 26.0 Å². The maximum absolute atomic E-state index is 13.2. The number of ether oxygens (including phenoxy) is 3. The van der Waals surface area contributed by atoms with Crippen molar-refractivity contribution in [2.45, 2.75) is 77.2 Å². The molecule has 2 rings (SSSR count). The number of hydrogen-bond donors (Lipinski definition) is 3. The van der Waals surface area contributed by atoms with E-state index < -0.39 is 47.2 Å². The molecule has 3 N–H and O–H groups in total. The highest BCUT2D eigenvalue weighted by Gasteiger charge is 2.62. The maximum atomic E-state index is 13.2. The molecule has 0 spiro atoms. The van der Waals surface area contributed by atoms with E-state index in [0.717, 1.165) is 0 Å². The van der Waals surface area contributed by atoms with Crippen molar-refractivity contribution in [1.82, 2.24) is 0 Å². The van der Waals surface area contributed by atoms with Gasteiger partial charge in [-0.3, -0.25) is 9.59 Å². The Morgan fingerprint density at radius 2 is 2.03 bits per heavy atom. The third-order valence-electron chi connectivity index (χ3n) is 6.10. The van der Waals surface area contributed by atoms with Crippen molar-refractivity contribution in [3.8, 4) is 0 Å². The van der Waals surface area contributed by atoms with E-state index in [2.05, 4.69) is 0 Å². The largest absolute Gasteiger partial charge is 0.465 e. The Morgan fingerprint density at radius 1 is 1.38 bits per heavy atom. The Morgan fingerprint density at radius 3 is 2.55 bits per heavy atom. The van der Waals surface area contributed by atoms with Gasteiger partial charge in [0.25, 0.3) is 0 Å². The fourth-order valence-electron chi connectivity index (χ4n) is 4.12. The number of Topliss-reactive ketones (excluding diaryl/α,β-unsaturated/α-hetero) is 1. The van der Waals surface area contributed by atoms with Gasteiger partial charge in [0.2, 0.25) is 0 Å². The van der Waals surface area contributed by atoms with E-state index in [9.17, 15) is 24.9 Å². The van der Waals surface area contributed by atoms with Crippen LogP contribution in [0.3, 0.4) is 0 Å². The first-order valence-electron chi connectivity index (χ1n) is 10.2. The molecule has 0 aliphatic carbocycles. The molecule has 2 aliphatic heterocycles. The molecule has 0 aromatic carbocycles. The standard InChI is InChI=1S/C21H34O8/c1-6-8-12(3)19-20(5,29-19)18(25)15(10-27-13(4)22)17(24)14-11-28-21(26,7-2)9-16(14)23/h6,8,12,14-16,18-19,23,25-26H,7,9-11H2,1-5H3/b8-6-/t12-,14+,15-,16-,18-,19+,20?,21?/m0/s1. The van der Waals surface area contributed by atoms with Gasteiger partial charge in [0.15, 0.2) is 5.79 Å². The van der Waals surface area contributed by atoms with E-state index >= 15 is 0 Å². The van der Waals surface area contributed by atoms with Crippen molar-refractivity contribution in [3.63, 3.8) is 0 Å². The number of hydrogen-bond acceptors (Lipinski definition) is 8. The molecule has 0 radical (unpaired) electrons. The second-order valence-corrected chi connectivity index (χ2v) is 8.35. The molecule has 0 saturated carbocycles. The normalized spacial score (nSPS) is 37.7. The average Bonchev–Trinajstić information content (AvgIpc) is 3.35. The molecule has 0 aromatic heterocycles. The Hall–Kier alpha value is -1.32. The van der Waals surface area contributed by atoms with Crippen LogP contribution in [0, 0.1) is 17.8 Å². The van der Waals surface area contributed by atoms with Crippen LogP contribution in [0.25, 0.3) is 0 Å². The summed E-state index contributed by atoms with van der Waals surface area (Å²) in [5.74, 6) is -4.50. The predicted octanol–water partition coefficient (Wildman–Crippen LogP) is 0.961. The van der Waals surface area contributed by atoms with Gasteiger partial charge in [-0.2, -0.15) is 0 Å². The zero-order valence-electron chi connectivity index (χ0n) is 17.8. The highest BCUT2D eigenvalue weighted by atomic mass is 16.6. The van der Waals surface area contributed by atoms with E-state index in [1.54, 1.807) is 13.8 Å². The van der Waals surface area contributed by atoms with Gasteiger partial charge in [-0.15, -0.1) is 0 Å². The fourth-order valence-corrected chi connectivity index (χ4v) is 4.12. The van der Waals surface area contributed by atoms with Crippen LogP contribution in [-0.4, -0.2) is 70.0 Å². The average molecular weight is 414 g/mol. The summed E-state index contributed by atoms with van der Waals surface area (Å²) in [5.41, 5.74) is -0.968. The van der Waals surface area contributed by atoms with E-state index in [1.807, 2.05) is 26.0 Å². The zero-order valence-corrected chi connectivity index (χ0v) is 17.8. The van der Waals surface area contributed by atoms with Gasteiger partial charge in [0.1, 0.15) is 18.0 Å². The number of carbonyl (C=O) groups is 2. The number of rotatable bonds is 9. The quantitative estimate of drug-likeness (QED) is 0.289. The first-order valence-corrected chi connectivity index (χ1v) is 10.2. The number of ketones is 1. The minimum Gasteiger partial charge on any atom is -0.465 e. The minimum atomic E-state index is -1.47. The maximum Gasteiger partial charge on any atom is 0.302 e. The zero-order chi connectivity index (χ0) is 22.0. The van der Waals surface area contributed by atoms with E-state index in [4.69, 9.17) is 14.2 Å². The molecule has 2 fully saturated rings. The molecule has 0 aromatic rings. The lowest BCUT2D eigenvalue weighted by Gasteiger charge is -2.39. The number of epoxide rings is 1. The summed E-state index contributed by atoms with van der Waals surface area (Å²) in [7, 11) is 0. The molecule has 8 nitrogen and oxygen atoms in total. The van der Waals surface area contributed by atoms with Gasteiger partial charge in [-0.25, -0.2) is 0 Å². The van der Waals surface area contributed by atoms with Crippen molar-refractivity contribution >= 4 is 11.8 Å². The summed E-state index contributed by atoms with van der Waals surface area (Å²) < 4.78 is 16.2. The molecular weight excluding hydrogens is 380 g/mol. The van der Waals surface area contributed by atoms with Gasteiger partial charge < -0.3 is 29.5 Å². The lowest BCUT2D eigenvalue weighted by atomic mass is 9.78. The summed E-state index contributed by atoms with van der Waals surface area (Å²) in [6.45, 7) is 8.01. The molecule has 2 heterocycles. The Kier molecular flexibility index (Phi) is 7.62. The molecule has 2 aliphatic rings. The van der Waals surface area contributed by atoms with Crippen molar-refractivity contribution in [3.05, 3.63) is 12.2 Å². The lowest BCUT2D eigenvalue weighted by Crippen LogP contribution is -2.53. The van der Waals surface area contributed by atoms with Gasteiger partial charge >= 0.3 is 5.97 Å². The van der Waals surface area contributed by atoms with Crippen molar-refractivity contribution in [2.75, 3.05) is 13.2 Å². The lowest BCUT2D eigenvalue weighted by molar-refractivity contribution is -0.258. The van der Waals surface area contributed by atoms with Gasteiger partial charge in [0.05, 0.1) is 36.8 Å². The molecule has 8 heteroatoms. The summed E-state index contributed by atoms with van der Waals surface area (Å²) in [6.07, 6.45) is 1.39. The van der Waals surface area contributed by atoms with Crippen LogP contribution in [0.2, 0.25) is 0 Å². The molecular formula is C21H34O8. The topological polar surface area (TPSA) is 126 Å². The van der Waals surface area contributed by atoms with E-state index in [0.29, 0.717) is 0 Å². The highest BCUT2D eigenvalue weighted by molar-refractivity contribution is 5.85. The highest BCUT2D eigenvalue weighted by Crippen LogP contribution is 2.47. The second kappa shape index (κ2) is 9.22. The first kappa shape index (κ1) is 24.0.